The van der Waals surface area contributed by atoms with Crippen molar-refractivity contribution in [1.82, 2.24) is 4.40 Å². The number of halogens is 1. The average molecular weight is 431 g/mol. The van der Waals surface area contributed by atoms with Gasteiger partial charge in [0.15, 0.2) is 0 Å². The zero-order chi connectivity index (χ0) is 22.0. The quantitative estimate of drug-likeness (QED) is 0.292. The molecule has 2 aromatic heterocycles. The summed E-state index contributed by atoms with van der Waals surface area (Å²) >= 11 is 6.04. The van der Waals surface area contributed by atoms with Gasteiger partial charge in [0.2, 0.25) is 0 Å². The van der Waals surface area contributed by atoms with Gasteiger partial charge in [-0.25, -0.2) is 0 Å². The number of ketones is 1. The molecule has 0 fully saturated rings. The molecule has 0 aliphatic heterocycles. The van der Waals surface area contributed by atoms with Crippen LogP contribution in [-0.2, 0) is 17.6 Å². The molecule has 0 saturated heterocycles. The number of rotatable bonds is 6. The van der Waals surface area contributed by atoms with Crippen molar-refractivity contribution in [3.8, 4) is 11.1 Å². The molecule has 0 aliphatic rings. The molecular weight excluding hydrogens is 408 g/mol. The Morgan fingerprint density at radius 3 is 2.23 bits per heavy atom. The highest BCUT2D eigenvalue weighted by Gasteiger charge is 2.25. The molecule has 0 atom stereocenters. The summed E-state index contributed by atoms with van der Waals surface area (Å²) in [6.45, 7) is 4.07. The van der Waals surface area contributed by atoms with E-state index in [-0.39, 0.29) is 0 Å². The van der Waals surface area contributed by atoms with Crippen molar-refractivity contribution in [2.45, 2.75) is 26.7 Å². The zero-order valence-corrected chi connectivity index (χ0v) is 18.2. The summed E-state index contributed by atoms with van der Waals surface area (Å²) in [5.41, 5.74) is 5.46. The molecule has 0 bridgehead atoms. The highest BCUT2D eigenvalue weighted by molar-refractivity contribution is 6.47. The average Bonchev–Trinajstić information content (AvgIpc) is 3.18. The second-order valence-corrected chi connectivity index (χ2v) is 7.79. The Hall–Kier alpha value is -3.37. The van der Waals surface area contributed by atoms with Gasteiger partial charge < -0.3 is 9.72 Å². The van der Waals surface area contributed by atoms with Crippen LogP contribution in [0.3, 0.4) is 0 Å². The van der Waals surface area contributed by atoms with E-state index >= 15 is 0 Å². The van der Waals surface area contributed by atoms with Crippen molar-refractivity contribution in [1.29, 1.82) is 0 Å². The van der Waals surface area contributed by atoms with E-state index in [1.165, 1.54) is 0 Å². The molecule has 2 aromatic carbocycles. The summed E-state index contributed by atoms with van der Waals surface area (Å²) in [5, 5.41) is 3.51. The summed E-state index contributed by atoms with van der Waals surface area (Å²) in [5.74, 6) is -1.22. The lowest BCUT2D eigenvalue weighted by Crippen LogP contribution is -2.25. The Morgan fingerprint density at radius 1 is 0.903 bits per heavy atom. The summed E-state index contributed by atoms with van der Waals surface area (Å²) in [6, 6.07) is 20.8. The molecule has 31 heavy (non-hydrogen) atoms. The number of pyridine rings is 1. The SMILES string of the molecule is CCc1cccc(CC)c1NC(=O)C(=O)c1c(-c2ccc(Cl)cc2)cc2ccccn12. The predicted molar refractivity (Wildman–Crippen MR) is 126 cm³/mol. The molecule has 5 heteroatoms. The number of fused-ring (bicyclic) bond motifs is 1. The fourth-order valence-electron chi connectivity index (χ4n) is 3.89. The molecule has 4 rings (SSSR count). The highest BCUT2D eigenvalue weighted by atomic mass is 35.5. The van der Waals surface area contributed by atoms with Crippen LogP contribution >= 0.6 is 11.6 Å². The van der Waals surface area contributed by atoms with Gasteiger partial charge in [-0.1, -0.05) is 61.8 Å². The monoisotopic (exact) mass is 430 g/mol. The van der Waals surface area contributed by atoms with E-state index in [9.17, 15) is 9.59 Å². The van der Waals surface area contributed by atoms with Gasteiger partial charge in [0.25, 0.3) is 11.7 Å². The lowest BCUT2D eigenvalue weighted by molar-refractivity contribution is -0.112. The molecule has 4 aromatic rings. The molecule has 0 unspecified atom stereocenters. The Kier molecular flexibility index (Phi) is 5.92. The molecule has 1 N–H and O–H groups in total. The first-order chi connectivity index (χ1) is 15.0. The first-order valence-corrected chi connectivity index (χ1v) is 10.7. The van der Waals surface area contributed by atoms with E-state index in [0.29, 0.717) is 16.3 Å². The number of nitrogens with zero attached hydrogens (tertiary/aromatic N) is 1. The number of hydrogen-bond acceptors (Lipinski definition) is 2. The van der Waals surface area contributed by atoms with Gasteiger partial charge in [-0.05, 0) is 59.9 Å². The maximum absolute atomic E-state index is 13.4. The molecule has 1 amide bonds. The maximum Gasteiger partial charge on any atom is 0.298 e. The van der Waals surface area contributed by atoms with Crippen molar-refractivity contribution < 1.29 is 9.59 Å². The Morgan fingerprint density at radius 2 is 1.58 bits per heavy atom. The van der Waals surface area contributed by atoms with Crippen molar-refractivity contribution in [3.63, 3.8) is 0 Å². The van der Waals surface area contributed by atoms with Crippen LogP contribution in [0.5, 0.6) is 0 Å². The Labute approximate surface area is 186 Å². The maximum atomic E-state index is 13.4. The fraction of sp³-hybridized carbons (Fsp3) is 0.154. The van der Waals surface area contributed by atoms with Crippen LogP contribution in [-0.4, -0.2) is 16.1 Å². The number of para-hydroxylation sites is 1. The predicted octanol–water partition coefficient (Wildman–Crippen LogP) is 6.21. The summed E-state index contributed by atoms with van der Waals surface area (Å²) in [7, 11) is 0. The highest BCUT2D eigenvalue weighted by Crippen LogP contribution is 2.30. The van der Waals surface area contributed by atoms with Crippen LogP contribution in [0.1, 0.15) is 35.5 Å². The van der Waals surface area contributed by atoms with Crippen LogP contribution in [0.15, 0.2) is 72.9 Å². The molecule has 0 spiro atoms. The van der Waals surface area contributed by atoms with Gasteiger partial charge >= 0.3 is 0 Å². The lowest BCUT2D eigenvalue weighted by atomic mass is 10.0. The number of aromatic nitrogens is 1. The van der Waals surface area contributed by atoms with Crippen LogP contribution in [0.2, 0.25) is 5.02 Å². The molecule has 2 heterocycles. The smallest absolute Gasteiger partial charge is 0.298 e. The third-order valence-electron chi connectivity index (χ3n) is 5.49. The number of carbonyl (C=O) groups excluding carboxylic acids is 2. The van der Waals surface area contributed by atoms with E-state index in [1.807, 2.05) is 68.4 Å². The normalized spacial score (nSPS) is 10.9. The number of aryl methyl sites for hydroxylation is 2. The van der Waals surface area contributed by atoms with Gasteiger partial charge in [0.1, 0.15) is 5.69 Å². The second kappa shape index (κ2) is 8.78. The van der Waals surface area contributed by atoms with E-state index < -0.39 is 11.7 Å². The zero-order valence-electron chi connectivity index (χ0n) is 17.5. The molecular formula is C26H23ClN2O2. The summed E-state index contributed by atoms with van der Waals surface area (Å²) < 4.78 is 1.76. The van der Waals surface area contributed by atoms with E-state index in [0.717, 1.165) is 40.7 Å². The number of carbonyl (C=O) groups is 2. The lowest BCUT2D eigenvalue weighted by Gasteiger charge is -2.14. The van der Waals surface area contributed by atoms with E-state index in [4.69, 9.17) is 11.6 Å². The minimum Gasteiger partial charge on any atom is -0.319 e. The fourth-order valence-corrected chi connectivity index (χ4v) is 4.01. The largest absolute Gasteiger partial charge is 0.319 e. The second-order valence-electron chi connectivity index (χ2n) is 7.35. The van der Waals surface area contributed by atoms with E-state index in [1.54, 1.807) is 22.7 Å². The Balaban J connectivity index is 1.78. The van der Waals surface area contributed by atoms with Gasteiger partial charge in [-0.3, -0.25) is 9.59 Å². The topological polar surface area (TPSA) is 50.6 Å². The van der Waals surface area contributed by atoms with Gasteiger partial charge in [0, 0.05) is 28.0 Å². The summed E-state index contributed by atoms with van der Waals surface area (Å²) in [6.07, 6.45) is 3.33. The van der Waals surface area contributed by atoms with Gasteiger partial charge in [-0.15, -0.1) is 0 Å². The number of anilines is 1. The number of amides is 1. The van der Waals surface area contributed by atoms with Gasteiger partial charge in [0.05, 0.1) is 0 Å². The number of benzene rings is 2. The number of nitrogens with one attached hydrogen (secondary N) is 1. The third kappa shape index (κ3) is 3.99. The van der Waals surface area contributed by atoms with Crippen LogP contribution in [0.4, 0.5) is 5.69 Å². The third-order valence-corrected chi connectivity index (χ3v) is 5.75. The molecule has 0 saturated carbocycles. The first kappa shape index (κ1) is 20.9. The summed E-state index contributed by atoms with van der Waals surface area (Å²) in [4.78, 5) is 26.6. The minimum absolute atomic E-state index is 0.336. The Bertz CT molecular complexity index is 1250. The van der Waals surface area contributed by atoms with Crippen molar-refractivity contribution in [2.75, 3.05) is 5.32 Å². The van der Waals surface area contributed by atoms with E-state index in [2.05, 4.69) is 5.32 Å². The first-order valence-electron chi connectivity index (χ1n) is 10.4. The molecule has 156 valence electrons. The van der Waals surface area contributed by atoms with Crippen molar-refractivity contribution in [3.05, 3.63) is 94.8 Å². The minimum atomic E-state index is -0.644. The van der Waals surface area contributed by atoms with Crippen LogP contribution in [0.25, 0.3) is 16.6 Å². The van der Waals surface area contributed by atoms with Crippen LogP contribution < -0.4 is 5.32 Å². The molecule has 4 nitrogen and oxygen atoms in total. The van der Waals surface area contributed by atoms with Crippen molar-refractivity contribution in [2.24, 2.45) is 0 Å². The molecule has 0 aliphatic carbocycles. The standard InChI is InChI=1S/C26H23ClN2O2/c1-3-17-8-7-9-18(4-2)23(17)28-26(31)25(30)24-22(19-11-13-20(27)14-12-19)16-21-10-5-6-15-29(21)24/h5-16H,3-4H2,1-2H3,(H,28,31). The number of hydrogen-bond donors (Lipinski definition) is 1. The van der Waals surface area contributed by atoms with Crippen molar-refractivity contribution >= 4 is 34.5 Å². The number of Topliss-reactive ketones (excluding diaryl/α,β-unsaturated/α-hetero) is 1. The molecule has 0 radical (unpaired) electrons. The van der Waals surface area contributed by atoms with Crippen LogP contribution in [0, 0.1) is 0 Å². The van der Waals surface area contributed by atoms with Gasteiger partial charge in [-0.2, -0.15) is 0 Å².